The van der Waals surface area contributed by atoms with Crippen LogP contribution < -0.4 is 4.90 Å². The van der Waals surface area contributed by atoms with Crippen LogP contribution in [0, 0.1) is 0 Å². The van der Waals surface area contributed by atoms with Crippen molar-refractivity contribution < 1.29 is 27.5 Å². The molecule has 0 aliphatic carbocycles. The Morgan fingerprint density at radius 1 is 1.32 bits per heavy atom. The van der Waals surface area contributed by atoms with Crippen molar-refractivity contribution >= 4 is 64.0 Å². The lowest BCUT2D eigenvalue weighted by molar-refractivity contribution is -0.143. The lowest BCUT2D eigenvalue weighted by Gasteiger charge is -2.25. The van der Waals surface area contributed by atoms with E-state index in [9.17, 15) is 22.8 Å². The van der Waals surface area contributed by atoms with Crippen LogP contribution in [0.3, 0.4) is 0 Å². The summed E-state index contributed by atoms with van der Waals surface area (Å²) in [7, 11) is 1.05. The number of methoxy groups -OCH3 is 1. The van der Waals surface area contributed by atoms with Crippen LogP contribution in [0.1, 0.15) is 12.0 Å². The topological polar surface area (TPSA) is 46.6 Å². The van der Waals surface area contributed by atoms with E-state index in [1.807, 2.05) is 0 Å². The zero-order valence-corrected chi connectivity index (χ0v) is 15.3. The molecule has 136 valence electrons. The number of halogens is 7. The first kappa shape index (κ1) is 20.2. The minimum absolute atomic E-state index is 0.153. The van der Waals surface area contributed by atoms with Crippen LogP contribution in [0.5, 0.6) is 0 Å². The van der Waals surface area contributed by atoms with Gasteiger partial charge in [0.05, 0.1) is 35.5 Å². The zero-order chi connectivity index (χ0) is 19.2. The number of amides is 1. The second-order valence-corrected chi connectivity index (χ2v) is 6.97. The molecule has 1 aliphatic rings. The molecule has 1 aromatic rings. The van der Waals surface area contributed by atoms with Gasteiger partial charge in [-0.3, -0.25) is 9.69 Å². The third-order valence-corrected chi connectivity index (χ3v) is 4.57. The fourth-order valence-corrected chi connectivity index (χ4v) is 3.58. The van der Waals surface area contributed by atoms with Crippen molar-refractivity contribution in [1.29, 1.82) is 0 Å². The third-order valence-electron chi connectivity index (χ3n) is 3.45. The molecule has 0 saturated carbocycles. The molecule has 1 unspecified atom stereocenters. The largest absolute Gasteiger partial charge is 0.467 e. The van der Waals surface area contributed by atoms with E-state index >= 15 is 0 Å². The highest BCUT2D eigenvalue weighted by Crippen LogP contribution is 2.47. The zero-order valence-electron chi connectivity index (χ0n) is 12.3. The van der Waals surface area contributed by atoms with Crippen LogP contribution >= 0.6 is 46.4 Å². The molecule has 1 saturated heterocycles. The van der Waals surface area contributed by atoms with Crippen molar-refractivity contribution in [3.8, 4) is 0 Å². The van der Waals surface area contributed by atoms with E-state index in [-0.39, 0.29) is 11.4 Å². The Morgan fingerprint density at radius 2 is 1.92 bits per heavy atom. The van der Waals surface area contributed by atoms with Crippen molar-refractivity contribution in [2.75, 3.05) is 12.0 Å². The summed E-state index contributed by atoms with van der Waals surface area (Å²) in [5.41, 5.74) is -1.50. The molecule has 2 rings (SSSR count). The standard InChI is InChI=1S/C14H8Cl4F3NO3/c1-25-12(24)13(18)5-9(23)22(10(13)11(16)17)8-3-2-6(4-7(8)15)14(19,20)21/h2-4H,5H2,1H3. The van der Waals surface area contributed by atoms with Gasteiger partial charge >= 0.3 is 12.1 Å². The van der Waals surface area contributed by atoms with Crippen LogP contribution in [0.25, 0.3) is 0 Å². The maximum absolute atomic E-state index is 12.8. The van der Waals surface area contributed by atoms with Gasteiger partial charge in [0.15, 0.2) is 4.87 Å². The second-order valence-electron chi connectivity index (χ2n) is 4.97. The molecule has 1 aliphatic heterocycles. The fraction of sp³-hybridized carbons (Fsp3) is 0.286. The van der Waals surface area contributed by atoms with Gasteiger partial charge in [0.1, 0.15) is 4.49 Å². The van der Waals surface area contributed by atoms with Gasteiger partial charge in [0.25, 0.3) is 0 Å². The quantitative estimate of drug-likeness (QED) is 0.489. The molecule has 4 nitrogen and oxygen atoms in total. The molecule has 1 atom stereocenters. The number of esters is 1. The monoisotopic (exact) mass is 435 g/mol. The fourth-order valence-electron chi connectivity index (χ4n) is 2.36. The maximum Gasteiger partial charge on any atom is 0.416 e. The molecule has 0 radical (unpaired) electrons. The second kappa shape index (κ2) is 6.87. The normalized spacial score (nSPS) is 20.9. The van der Waals surface area contributed by atoms with Gasteiger partial charge in [-0.05, 0) is 18.2 Å². The summed E-state index contributed by atoms with van der Waals surface area (Å²) in [4.78, 5) is 23.1. The Hall–Kier alpha value is -1.15. The van der Waals surface area contributed by atoms with Crippen LogP contribution in [-0.2, 0) is 20.5 Å². The predicted octanol–water partition coefficient (Wildman–Crippen LogP) is 4.89. The highest BCUT2D eigenvalue weighted by molar-refractivity contribution is 6.58. The number of hydrogen-bond acceptors (Lipinski definition) is 3. The number of anilines is 1. The molecule has 25 heavy (non-hydrogen) atoms. The van der Waals surface area contributed by atoms with Gasteiger partial charge in [-0.25, -0.2) is 4.79 Å². The van der Waals surface area contributed by atoms with E-state index in [0.29, 0.717) is 6.07 Å². The molecule has 11 heteroatoms. The average Bonchev–Trinajstić information content (AvgIpc) is 2.77. The average molecular weight is 437 g/mol. The van der Waals surface area contributed by atoms with E-state index in [1.165, 1.54) is 0 Å². The van der Waals surface area contributed by atoms with Crippen LogP contribution in [0.4, 0.5) is 18.9 Å². The summed E-state index contributed by atoms with van der Waals surface area (Å²) in [5.74, 6) is -1.74. The number of ether oxygens (including phenoxy) is 1. The summed E-state index contributed by atoms with van der Waals surface area (Å²) in [6.07, 6.45) is -5.18. The Balaban J connectivity index is 2.61. The summed E-state index contributed by atoms with van der Waals surface area (Å²) in [6.45, 7) is 0. The van der Waals surface area contributed by atoms with E-state index in [0.717, 1.165) is 24.1 Å². The molecule has 0 bridgehead atoms. The first-order chi connectivity index (χ1) is 11.4. The van der Waals surface area contributed by atoms with Gasteiger partial charge in [-0.2, -0.15) is 13.2 Å². The number of nitrogens with zero attached hydrogens (tertiary/aromatic N) is 1. The van der Waals surface area contributed by atoms with Crippen LogP contribution in [0.15, 0.2) is 28.4 Å². The minimum atomic E-state index is -4.62. The lowest BCUT2D eigenvalue weighted by atomic mass is 10.1. The summed E-state index contributed by atoms with van der Waals surface area (Å²) < 4.78 is 42.3. The molecule has 0 spiro atoms. The molecule has 0 N–H and O–H groups in total. The van der Waals surface area contributed by atoms with E-state index in [1.54, 1.807) is 0 Å². The Kier molecular flexibility index (Phi) is 5.54. The van der Waals surface area contributed by atoms with Crippen molar-refractivity contribution in [3.63, 3.8) is 0 Å². The lowest BCUT2D eigenvalue weighted by Crippen LogP contribution is -2.35. The van der Waals surface area contributed by atoms with Crippen molar-refractivity contribution in [3.05, 3.63) is 39.0 Å². The summed E-state index contributed by atoms with van der Waals surface area (Å²) in [6, 6.07) is 2.32. The Bertz CT molecular complexity index is 777. The number of rotatable bonds is 2. The van der Waals surface area contributed by atoms with Gasteiger partial charge in [-0.15, -0.1) is 0 Å². The molecular formula is C14H8Cl4F3NO3. The van der Waals surface area contributed by atoms with Gasteiger partial charge in [-0.1, -0.05) is 46.4 Å². The first-order valence-electron chi connectivity index (χ1n) is 6.46. The highest BCUT2D eigenvalue weighted by atomic mass is 35.5. The van der Waals surface area contributed by atoms with E-state index in [2.05, 4.69) is 4.74 Å². The Morgan fingerprint density at radius 3 is 2.36 bits per heavy atom. The minimum Gasteiger partial charge on any atom is -0.467 e. The van der Waals surface area contributed by atoms with E-state index < -0.39 is 44.4 Å². The van der Waals surface area contributed by atoms with Crippen LogP contribution in [-0.4, -0.2) is 23.9 Å². The number of hydrogen-bond donors (Lipinski definition) is 0. The van der Waals surface area contributed by atoms with E-state index in [4.69, 9.17) is 46.4 Å². The number of carbonyl (C=O) groups excluding carboxylic acids is 2. The van der Waals surface area contributed by atoms with Crippen molar-refractivity contribution in [2.24, 2.45) is 0 Å². The van der Waals surface area contributed by atoms with Crippen LogP contribution in [0.2, 0.25) is 5.02 Å². The maximum atomic E-state index is 12.8. The summed E-state index contributed by atoms with van der Waals surface area (Å²) in [5, 5.41) is -0.402. The smallest absolute Gasteiger partial charge is 0.416 e. The molecule has 0 aromatic heterocycles. The summed E-state index contributed by atoms with van der Waals surface area (Å²) >= 11 is 23.6. The molecular weight excluding hydrogens is 429 g/mol. The first-order valence-corrected chi connectivity index (χ1v) is 7.97. The molecule has 1 fully saturated rings. The molecule has 1 amide bonds. The molecule has 1 aromatic carbocycles. The number of alkyl halides is 4. The van der Waals surface area contributed by atoms with Crippen molar-refractivity contribution in [2.45, 2.75) is 17.5 Å². The highest BCUT2D eigenvalue weighted by Gasteiger charge is 2.55. The number of benzene rings is 1. The van der Waals surface area contributed by atoms with Gasteiger partial charge < -0.3 is 4.74 Å². The number of carbonyl (C=O) groups is 2. The van der Waals surface area contributed by atoms with Gasteiger partial charge in [0, 0.05) is 0 Å². The predicted molar refractivity (Wildman–Crippen MR) is 87.9 cm³/mol. The van der Waals surface area contributed by atoms with Crippen molar-refractivity contribution in [1.82, 2.24) is 0 Å². The van der Waals surface area contributed by atoms with Gasteiger partial charge in [0.2, 0.25) is 5.91 Å². The third kappa shape index (κ3) is 3.56. The Labute approximate surface area is 160 Å². The molecule has 1 heterocycles. The SMILES string of the molecule is COC(=O)C1(Cl)CC(=O)N(c2ccc(C(F)(F)F)cc2Cl)C1=C(Cl)Cl.